The van der Waals surface area contributed by atoms with Crippen LogP contribution in [0.2, 0.25) is 10.0 Å². The van der Waals surface area contributed by atoms with Gasteiger partial charge in [-0.05, 0) is 43.3 Å². The first-order chi connectivity index (χ1) is 14.0. The summed E-state index contributed by atoms with van der Waals surface area (Å²) in [7, 11) is 0. The van der Waals surface area contributed by atoms with E-state index in [9.17, 15) is 9.18 Å². The van der Waals surface area contributed by atoms with Gasteiger partial charge in [0.2, 0.25) is 0 Å². The molecule has 0 aliphatic rings. The number of rotatable bonds is 7. The molecule has 0 bridgehead atoms. The summed E-state index contributed by atoms with van der Waals surface area (Å²) >= 11 is 13.1. The lowest BCUT2D eigenvalue weighted by atomic mass is 10.2. The predicted molar refractivity (Wildman–Crippen MR) is 114 cm³/mol. The van der Waals surface area contributed by atoms with E-state index in [2.05, 4.69) is 20.7 Å². The van der Waals surface area contributed by atoms with Crippen LogP contribution in [0.3, 0.4) is 0 Å². The van der Waals surface area contributed by atoms with Crippen LogP contribution in [-0.4, -0.2) is 32.6 Å². The van der Waals surface area contributed by atoms with Gasteiger partial charge in [0.1, 0.15) is 5.82 Å². The van der Waals surface area contributed by atoms with Crippen molar-refractivity contribution in [3.8, 4) is 11.4 Å². The lowest BCUT2D eigenvalue weighted by molar-refractivity contribution is -0.118. The number of aromatic nitrogens is 3. The molecule has 1 heterocycles. The fraction of sp³-hybridized carbons (Fsp3) is 0.158. The van der Waals surface area contributed by atoms with Crippen LogP contribution in [0.15, 0.2) is 52.7 Å². The third-order valence-corrected chi connectivity index (χ3v) is 5.40. The molecule has 0 atom stereocenters. The van der Waals surface area contributed by atoms with Gasteiger partial charge in [-0.1, -0.05) is 41.0 Å². The molecule has 0 spiro atoms. The summed E-state index contributed by atoms with van der Waals surface area (Å²) in [5.41, 5.74) is 3.34. The van der Waals surface area contributed by atoms with Crippen LogP contribution in [-0.2, 0) is 11.3 Å². The SMILES string of the molecule is CCn1c(SCC(=O)NN=Cc2c(F)cccc2Cl)nnc1-c1ccc(Cl)cc1. The Balaban J connectivity index is 1.62. The Hall–Kier alpha value is -2.42. The van der Waals surface area contributed by atoms with Crippen LogP contribution in [0.1, 0.15) is 12.5 Å². The number of halogens is 3. The summed E-state index contributed by atoms with van der Waals surface area (Å²) in [4.78, 5) is 12.0. The molecule has 150 valence electrons. The van der Waals surface area contributed by atoms with Crippen molar-refractivity contribution in [2.45, 2.75) is 18.6 Å². The first-order valence-electron chi connectivity index (χ1n) is 8.57. The number of carbonyl (C=O) groups is 1. The van der Waals surface area contributed by atoms with E-state index in [-0.39, 0.29) is 22.2 Å². The Labute approximate surface area is 181 Å². The van der Waals surface area contributed by atoms with Crippen LogP contribution < -0.4 is 5.43 Å². The summed E-state index contributed by atoms with van der Waals surface area (Å²) in [6.07, 6.45) is 1.17. The molecule has 0 aliphatic heterocycles. The monoisotopic (exact) mass is 451 g/mol. The van der Waals surface area contributed by atoms with Gasteiger partial charge in [-0.25, -0.2) is 9.82 Å². The molecule has 29 heavy (non-hydrogen) atoms. The molecule has 0 saturated heterocycles. The first kappa shape index (κ1) is 21.3. The number of benzene rings is 2. The second-order valence-corrected chi connectivity index (χ2v) is 7.56. The number of thioether (sulfide) groups is 1. The molecule has 10 heteroatoms. The van der Waals surface area contributed by atoms with E-state index < -0.39 is 5.82 Å². The fourth-order valence-electron chi connectivity index (χ4n) is 2.46. The molecular formula is C19H16Cl2FN5OS. The van der Waals surface area contributed by atoms with Crippen molar-refractivity contribution in [1.29, 1.82) is 0 Å². The van der Waals surface area contributed by atoms with E-state index >= 15 is 0 Å². The number of nitrogens with zero attached hydrogens (tertiary/aromatic N) is 4. The molecule has 2 aromatic carbocycles. The number of carbonyl (C=O) groups excluding carboxylic acids is 1. The molecular weight excluding hydrogens is 436 g/mol. The van der Waals surface area contributed by atoms with Crippen molar-refractivity contribution in [2.24, 2.45) is 5.10 Å². The zero-order valence-corrected chi connectivity index (χ0v) is 17.6. The Morgan fingerprint density at radius 1 is 1.24 bits per heavy atom. The van der Waals surface area contributed by atoms with Crippen LogP contribution >= 0.6 is 35.0 Å². The number of amides is 1. The molecule has 0 radical (unpaired) electrons. The smallest absolute Gasteiger partial charge is 0.250 e. The molecule has 1 aromatic heterocycles. The van der Waals surface area contributed by atoms with Gasteiger partial charge in [-0.3, -0.25) is 4.79 Å². The maximum atomic E-state index is 13.7. The normalized spacial score (nSPS) is 11.2. The molecule has 3 aromatic rings. The number of hydrogen-bond acceptors (Lipinski definition) is 5. The molecule has 0 aliphatic carbocycles. The van der Waals surface area contributed by atoms with Gasteiger partial charge in [-0.15, -0.1) is 10.2 Å². The molecule has 1 N–H and O–H groups in total. The van der Waals surface area contributed by atoms with Gasteiger partial charge in [0.15, 0.2) is 11.0 Å². The van der Waals surface area contributed by atoms with Gasteiger partial charge < -0.3 is 4.57 Å². The van der Waals surface area contributed by atoms with Gasteiger partial charge in [0.25, 0.3) is 5.91 Å². The standard InChI is InChI=1S/C19H16Cl2FN5OS/c1-2-27-18(12-6-8-13(20)9-7-12)25-26-19(27)29-11-17(28)24-23-10-14-15(21)4-3-5-16(14)22/h3-10H,2,11H2,1H3,(H,24,28). The van der Waals surface area contributed by atoms with Crippen molar-refractivity contribution in [3.63, 3.8) is 0 Å². The molecule has 0 saturated carbocycles. The van der Waals surface area contributed by atoms with Crippen molar-refractivity contribution in [3.05, 3.63) is 63.9 Å². The topological polar surface area (TPSA) is 72.2 Å². The lowest BCUT2D eigenvalue weighted by Gasteiger charge is -2.07. The third-order valence-electron chi connectivity index (χ3n) is 3.85. The predicted octanol–water partition coefficient (Wildman–Crippen LogP) is 4.65. The lowest BCUT2D eigenvalue weighted by Crippen LogP contribution is -2.20. The largest absolute Gasteiger partial charge is 0.302 e. The number of nitrogens with one attached hydrogen (secondary N) is 1. The molecule has 6 nitrogen and oxygen atoms in total. The highest BCUT2D eigenvalue weighted by Crippen LogP contribution is 2.25. The highest BCUT2D eigenvalue weighted by Gasteiger charge is 2.14. The quantitative estimate of drug-likeness (QED) is 0.322. The van der Waals surface area contributed by atoms with E-state index in [1.165, 1.54) is 30.1 Å². The summed E-state index contributed by atoms with van der Waals surface area (Å²) in [5.74, 6) is -0.117. The Morgan fingerprint density at radius 3 is 2.69 bits per heavy atom. The van der Waals surface area contributed by atoms with Gasteiger partial charge >= 0.3 is 0 Å². The average Bonchev–Trinajstić information content (AvgIpc) is 3.12. The molecule has 1 amide bonds. The second-order valence-electron chi connectivity index (χ2n) is 5.77. The Bertz CT molecular complexity index is 1020. The maximum absolute atomic E-state index is 13.7. The van der Waals surface area contributed by atoms with E-state index in [0.29, 0.717) is 22.5 Å². The minimum absolute atomic E-state index is 0.0705. The summed E-state index contributed by atoms with van der Waals surface area (Å²) in [5, 5.41) is 13.6. The van der Waals surface area contributed by atoms with E-state index in [1.54, 1.807) is 18.2 Å². The van der Waals surface area contributed by atoms with Crippen molar-refractivity contribution in [1.82, 2.24) is 20.2 Å². The van der Waals surface area contributed by atoms with E-state index in [0.717, 1.165) is 5.56 Å². The Morgan fingerprint density at radius 2 is 2.00 bits per heavy atom. The molecule has 0 unspecified atom stereocenters. The van der Waals surface area contributed by atoms with Crippen molar-refractivity contribution in [2.75, 3.05) is 5.75 Å². The molecule has 0 fully saturated rings. The molecule has 3 rings (SSSR count). The van der Waals surface area contributed by atoms with Crippen LogP contribution in [0.25, 0.3) is 11.4 Å². The summed E-state index contributed by atoms with van der Waals surface area (Å²) in [6, 6.07) is 11.6. The highest BCUT2D eigenvalue weighted by molar-refractivity contribution is 7.99. The first-order valence-corrected chi connectivity index (χ1v) is 10.3. The minimum Gasteiger partial charge on any atom is -0.302 e. The Kier molecular flexibility index (Phi) is 7.24. The van der Waals surface area contributed by atoms with Gasteiger partial charge in [0.05, 0.1) is 17.0 Å². The van der Waals surface area contributed by atoms with E-state index in [1.807, 2.05) is 23.6 Å². The average molecular weight is 452 g/mol. The van der Waals surface area contributed by atoms with Crippen LogP contribution in [0.4, 0.5) is 4.39 Å². The fourth-order valence-corrected chi connectivity index (χ4v) is 3.59. The van der Waals surface area contributed by atoms with Gasteiger partial charge in [0, 0.05) is 22.7 Å². The third kappa shape index (κ3) is 5.35. The van der Waals surface area contributed by atoms with E-state index in [4.69, 9.17) is 23.2 Å². The zero-order valence-electron chi connectivity index (χ0n) is 15.3. The number of hydrogen-bond donors (Lipinski definition) is 1. The maximum Gasteiger partial charge on any atom is 0.250 e. The van der Waals surface area contributed by atoms with Crippen molar-refractivity contribution >= 4 is 47.1 Å². The van der Waals surface area contributed by atoms with Crippen LogP contribution in [0.5, 0.6) is 0 Å². The summed E-state index contributed by atoms with van der Waals surface area (Å²) in [6.45, 7) is 2.61. The minimum atomic E-state index is -0.518. The number of hydrazone groups is 1. The van der Waals surface area contributed by atoms with Crippen LogP contribution in [0, 0.1) is 5.82 Å². The zero-order chi connectivity index (χ0) is 20.8. The van der Waals surface area contributed by atoms with Gasteiger partial charge in [-0.2, -0.15) is 5.10 Å². The van der Waals surface area contributed by atoms with Crippen molar-refractivity contribution < 1.29 is 9.18 Å². The second kappa shape index (κ2) is 9.87. The summed E-state index contributed by atoms with van der Waals surface area (Å²) < 4.78 is 15.6. The highest BCUT2D eigenvalue weighted by atomic mass is 35.5.